The van der Waals surface area contributed by atoms with Gasteiger partial charge in [-0.15, -0.1) is 0 Å². The van der Waals surface area contributed by atoms with Crippen LogP contribution in [0.4, 0.5) is 0 Å². The molecule has 2 fully saturated rings. The molecule has 0 saturated carbocycles. The molecule has 2 aliphatic heterocycles. The summed E-state index contributed by atoms with van der Waals surface area (Å²) in [4.78, 5) is 14.7. The predicted molar refractivity (Wildman–Crippen MR) is 77.0 cm³/mol. The van der Waals surface area contributed by atoms with Gasteiger partial charge < -0.3 is 19.5 Å². The number of likely N-dealkylation sites (tertiary alicyclic amines) is 1. The van der Waals surface area contributed by atoms with Crippen LogP contribution in [-0.2, 0) is 11.3 Å². The summed E-state index contributed by atoms with van der Waals surface area (Å²) in [5.74, 6) is 0.638. The minimum absolute atomic E-state index is 0.0233. The van der Waals surface area contributed by atoms with Crippen molar-refractivity contribution in [2.75, 3.05) is 33.3 Å². The third-order valence-electron chi connectivity index (χ3n) is 4.76. The van der Waals surface area contributed by atoms with Gasteiger partial charge in [-0.25, -0.2) is 0 Å². The van der Waals surface area contributed by atoms with Gasteiger partial charge in [-0.1, -0.05) is 5.16 Å². The van der Waals surface area contributed by atoms with Gasteiger partial charge in [0.05, 0.1) is 12.2 Å². The van der Waals surface area contributed by atoms with E-state index in [-0.39, 0.29) is 11.3 Å². The Balaban J connectivity index is 1.78. The molecule has 6 heteroatoms. The molecule has 6 nitrogen and oxygen atoms in total. The molecule has 0 bridgehead atoms. The zero-order valence-electron chi connectivity index (χ0n) is 12.8. The van der Waals surface area contributed by atoms with E-state index in [2.05, 4.69) is 10.5 Å². The number of hydrogen-bond acceptors (Lipinski definition) is 5. The molecule has 1 atom stereocenters. The molecule has 3 rings (SSSR count). The first-order valence-corrected chi connectivity index (χ1v) is 7.59. The molecule has 0 aromatic carbocycles. The minimum Gasteiger partial charge on any atom is -0.380 e. The SMILES string of the molecule is COCc1c(C(=O)N2CCCC3(CCNC3)C2)noc1C. The van der Waals surface area contributed by atoms with Crippen LogP contribution >= 0.6 is 0 Å². The van der Waals surface area contributed by atoms with Gasteiger partial charge in [-0.05, 0) is 32.7 Å². The van der Waals surface area contributed by atoms with Crippen LogP contribution in [-0.4, -0.2) is 49.3 Å². The molecule has 2 aliphatic rings. The van der Waals surface area contributed by atoms with Crippen molar-refractivity contribution < 1.29 is 14.1 Å². The van der Waals surface area contributed by atoms with Crippen molar-refractivity contribution in [1.82, 2.24) is 15.4 Å². The average molecular weight is 293 g/mol. The fourth-order valence-electron chi connectivity index (χ4n) is 3.55. The number of aromatic nitrogens is 1. The quantitative estimate of drug-likeness (QED) is 0.911. The third kappa shape index (κ3) is 2.70. The topological polar surface area (TPSA) is 67.6 Å². The van der Waals surface area contributed by atoms with E-state index in [9.17, 15) is 4.79 Å². The minimum atomic E-state index is -0.0233. The summed E-state index contributed by atoms with van der Waals surface area (Å²) < 4.78 is 10.3. The van der Waals surface area contributed by atoms with Crippen LogP contribution in [0.1, 0.15) is 41.1 Å². The number of carbonyl (C=O) groups is 1. The number of amides is 1. The Morgan fingerprint density at radius 2 is 2.38 bits per heavy atom. The number of rotatable bonds is 3. The van der Waals surface area contributed by atoms with Gasteiger partial charge in [0.25, 0.3) is 5.91 Å². The van der Waals surface area contributed by atoms with Crippen molar-refractivity contribution in [3.8, 4) is 0 Å². The van der Waals surface area contributed by atoms with Crippen molar-refractivity contribution in [3.05, 3.63) is 17.0 Å². The molecule has 0 aliphatic carbocycles. The standard InChI is InChI=1S/C15H23N3O3/c1-11-12(8-20-2)13(17-21-11)14(19)18-7-3-4-15(10-18)5-6-16-9-15/h16H,3-10H2,1-2H3. The van der Waals surface area contributed by atoms with Crippen LogP contribution in [0.25, 0.3) is 0 Å². The lowest BCUT2D eigenvalue weighted by Crippen LogP contribution is -2.47. The second-order valence-electron chi connectivity index (χ2n) is 6.26. The van der Waals surface area contributed by atoms with Crippen molar-refractivity contribution in [3.63, 3.8) is 0 Å². The lowest BCUT2D eigenvalue weighted by atomic mass is 9.79. The van der Waals surface area contributed by atoms with E-state index in [0.717, 1.165) is 44.6 Å². The summed E-state index contributed by atoms with van der Waals surface area (Å²) >= 11 is 0. The first kappa shape index (κ1) is 14.5. The number of nitrogens with zero attached hydrogens (tertiary/aromatic N) is 2. The fraction of sp³-hybridized carbons (Fsp3) is 0.733. The number of methoxy groups -OCH3 is 1. The van der Waals surface area contributed by atoms with Crippen molar-refractivity contribution in [1.29, 1.82) is 0 Å². The van der Waals surface area contributed by atoms with Crippen molar-refractivity contribution >= 4 is 5.91 Å². The van der Waals surface area contributed by atoms with E-state index < -0.39 is 0 Å². The normalized spacial score (nSPS) is 25.7. The Morgan fingerprint density at radius 1 is 1.52 bits per heavy atom. The lowest BCUT2D eigenvalue weighted by Gasteiger charge is -2.39. The van der Waals surface area contributed by atoms with E-state index in [1.54, 1.807) is 7.11 Å². The first-order chi connectivity index (χ1) is 10.2. The van der Waals surface area contributed by atoms with Crippen molar-refractivity contribution in [2.24, 2.45) is 5.41 Å². The zero-order chi connectivity index (χ0) is 14.9. The predicted octanol–water partition coefficient (Wildman–Crippen LogP) is 1.35. The van der Waals surface area contributed by atoms with Gasteiger partial charge in [-0.2, -0.15) is 0 Å². The maximum absolute atomic E-state index is 12.8. The highest BCUT2D eigenvalue weighted by Crippen LogP contribution is 2.36. The molecule has 21 heavy (non-hydrogen) atoms. The summed E-state index contributed by atoms with van der Waals surface area (Å²) in [5.41, 5.74) is 1.44. The summed E-state index contributed by atoms with van der Waals surface area (Å²) in [6.07, 6.45) is 3.41. The van der Waals surface area contributed by atoms with Gasteiger partial charge in [0.15, 0.2) is 5.69 Å². The molecule has 2 saturated heterocycles. The second kappa shape index (κ2) is 5.77. The van der Waals surface area contributed by atoms with Gasteiger partial charge >= 0.3 is 0 Å². The van der Waals surface area contributed by atoms with E-state index in [0.29, 0.717) is 18.1 Å². The van der Waals surface area contributed by atoms with E-state index in [4.69, 9.17) is 9.26 Å². The van der Waals surface area contributed by atoms with Crippen LogP contribution < -0.4 is 5.32 Å². The maximum Gasteiger partial charge on any atom is 0.276 e. The number of hydrogen-bond donors (Lipinski definition) is 1. The zero-order valence-corrected chi connectivity index (χ0v) is 12.8. The molecule has 1 aromatic heterocycles. The Labute approximate surface area is 124 Å². The van der Waals surface area contributed by atoms with Crippen LogP contribution in [0, 0.1) is 12.3 Å². The van der Waals surface area contributed by atoms with Gasteiger partial charge in [-0.3, -0.25) is 4.79 Å². The highest BCUT2D eigenvalue weighted by atomic mass is 16.5. The number of aryl methyl sites for hydroxylation is 1. The molecule has 116 valence electrons. The van der Waals surface area contributed by atoms with Crippen LogP contribution in [0.5, 0.6) is 0 Å². The molecule has 1 spiro atoms. The Hall–Kier alpha value is -1.40. The molecule has 1 N–H and O–H groups in total. The fourth-order valence-corrected chi connectivity index (χ4v) is 3.55. The van der Waals surface area contributed by atoms with Crippen LogP contribution in [0.3, 0.4) is 0 Å². The van der Waals surface area contributed by atoms with Gasteiger partial charge in [0.2, 0.25) is 0 Å². The molecular formula is C15H23N3O3. The molecule has 1 unspecified atom stereocenters. The number of ether oxygens (including phenoxy) is 1. The average Bonchev–Trinajstić information content (AvgIpc) is 3.07. The molecule has 0 radical (unpaired) electrons. The highest BCUT2D eigenvalue weighted by Gasteiger charge is 2.40. The van der Waals surface area contributed by atoms with Crippen LogP contribution in [0.15, 0.2) is 4.52 Å². The van der Waals surface area contributed by atoms with Gasteiger partial charge in [0, 0.05) is 32.2 Å². The third-order valence-corrected chi connectivity index (χ3v) is 4.76. The van der Waals surface area contributed by atoms with E-state index in [1.807, 2.05) is 11.8 Å². The monoisotopic (exact) mass is 293 g/mol. The van der Waals surface area contributed by atoms with E-state index in [1.165, 1.54) is 6.42 Å². The van der Waals surface area contributed by atoms with E-state index >= 15 is 0 Å². The maximum atomic E-state index is 12.8. The number of nitrogens with one attached hydrogen (secondary N) is 1. The lowest BCUT2D eigenvalue weighted by molar-refractivity contribution is 0.0540. The summed E-state index contributed by atoms with van der Waals surface area (Å²) in [6, 6.07) is 0. The van der Waals surface area contributed by atoms with Crippen LogP contribution in [0.2, 0.25) is 0 Å². The summed E-state index contributed by atoms with van der Waals surface area (Å²) in [7, 11) is 1.61. The smallest absolute Gasteiger partial charge is 0.276 e. The molecule has 3 heterocycles. The largest absolute Gasteiger partial charge is 0.380 e. The Morgan fingerprint density at radius 3 is 3.10 bits per heavy atom. The molecular weight excluding hydrogens is 270 g/mol. The van der Waals surface area contributed by atoms with Gasteiger partial charge in [0.1, 0.15) is 5.76 Å². The molecule has 1 amide bonds. The summed E-state index contributed by atoms with van der Waals surface area (Å²) in [6.45, 7) is 5.86. The second-order valence-corrected chi connectivity index (χ2v) is 6.26. The number of piperidine rings is 1. The Kier molecular flexibility index (Phi) is 3.99. The van der Waals surface area contributed by atoms with Crippen molar-refractivity contribution in [2.45, 2.75) is 32.8 Å². The summed E-state index contributed by atoms with van der Waals surface area (Å²) in [5, 5.41) is 7.39. The first-order valence-electron chi connectivity index (χ1n) is 7.59. The number of carbonyl (C=O) groups excluding carboxylic acids is 1. The molecule has 1 aromatic rings. The Bertz CT molecular complexity index is 520. The highest BCUT2D eigenvalue weighted by molar-refractivity contribution is 5.93.